The summed E-state index contributed by atoms with van der Waals surface area (Å²) >= 11 is 0. The van der Waals surface area contributed by atoms with Crippen LogP contribution in [0.5, 0.6) is 5.75 Å². The van der Waals surface area contributed by atoms with Gasteiger partial charge in [0, 0.05) is 54.4 Å². The number of aromatic nitrogens is 4. The number of ether oxygens (including phenoxy) is 1. The van der Waals surface area contributed by atoms with Crippen LogP contribution < -0.4 is 15.8 Å². The van der Waals surface area contributed by atoms with Gasteiger partial charge in [-0.2, -0.15) is 0 Å². The molecular weight excluding hydrogens is 585 g/mol. The van der Waals surface area contributed by atoms with Crippen LogP contribution in [-0.2, 0) is 24.8 Å². The van der Waals surface area contributed by atoms with Gasteiger partial charge in [-0.15, -0.1) is 0 Å². The normalized spacial score (nSPS) is 21.9. The molecule has 2 aliphatic carbocycles. The molecule has 4 aliphatic rings. The molecule has 3 aromatic heterocycles. The molecule has 5 heterocycles. The van der Waals surface area contributed by atoms with Crippen molar-refractivity contribution in [1.82, 2.24) is 24.0 Å². The molecule has 3 fully saturated rings. The zero-order valence-electron chi connectivity index (χ0n) is 25.7. The number of nitrogens with two attached hydrogens (primary N) is 1. The maximum Gasteiger partial charge on any atom is 0.254 e. The molecule has 2 aliphatic heterocycles. The summed E-state index contributed by atoms with van der Waals surface area (Å²) in [5.74, 6) is 1.61. The Hall–Kier alpha value is -4.77. The summed E-state index contributed by atoms with van der Waals surface area (Å²) in [5, 5.41) is 3.64. The summed E-state index contributed by atoms with van der Waals surface area (Å²) in [6.45, 7) is 1.46. The highest BCUT2D eigenvalue weighted by molar-refractivity contribution is 6.01. The molecule has 11 heteroatoms. The number of fused-ring (bicyclic) bond motifs is 5. The van der Waals surface area contributed by atoms with Crippen molar-refractivity contribution in [2.75, 3.05) is 19.0 Å². The van der Waals surface area contributed by atoms with Crippen molar-refractivity contribution >= 4 is 39.6 Å². The number of benzene rings is 2. The van der Waals surface area contributed by atoms with E-state index in [9.17, 15) is 9.59 Å². The third-order valence-electron chi connectivity index (χ3n) is 10.5. The first kappa shape index (κ1) is 27.5. The van der Waals surface area contributed by atoms with E-state index in [1.165, 1.54) is 6.07 Å². The second-order valence-corrected chi connectivity index (χ2v) is 13.4. The predicted molar refractivity (Wildman–Crippen MR) is 172 cm³/mol. The van der Waals surface area contributed by atoms with Crippen molar-refractivity contribution in [3.8, 4) is 28.5 Å². The Morgan fingerprint density at radius 1 is 1.11 bits per heavy atom. The zero-order valence-corrected chi connectivity index (χ0v) is 25.7. The number of imidazole rings is 1. The number of carbonyl (C=O) groups excluding carboxylic acids is 2. The molecule has 2 aromatic carbocycles. The first-order valence-corrected chi connectivity index (χ1v) is 16.0. The number of hydrogen-bond acceptors (Lipinski definition) is 6. The van der Waals surface area contributed by atoms with Gasteiger partial charge in [0.1, 0.15) is 22.7 Å². The van der Waals surface area contributed by atoms with Gasteiger partial charge in [0.25, 0.3) is 5.91 Å². The van der Waals surface area contributed by atoms with Gasteiger partial charge in [0.05, 0.1) is 30.4 Å². The predicted octanol–water partition coefficient (Wildman–Crippen LogP) is 4.87. The lowest BCUT2D eigenvalue weighted by Crippen LogP contribution is -2.41. The minimum Gasteiger partial charge on any atom is -0.494 e. The average molecular weight is 620 g/mol. The molecule has 2 unspecified atom stereocenters. The molecule has 2 bridgehead atoms. The first-order valence-electron chi connectivity index (χ1n) is 16.0. The van der Waals surface area contributed by atoms with Gasteiger partial charge >= 0.3 is 0 Å². The van der Waals surface area contributed by atoms with Crippen molar-refractivity contribution in [2.45, 2.75) is 50.7 Å². The van der Waals surface area contributed by atoms with Gasteiger partial charge in [-0.25, -0.2) is 14.4 Å². The number of anilines is 1. The lowest BCUT2D eigenvalue weighted by molar-refractivity contribution is -0.115. The monoisotopic (exact) mass is 619 g/mol. The largest absolute Gasteiger partial charge is 0.494 e. The number of nitrogens with zero attached hydrogens (tertiary/aromatic N) is 5. The van der Waals surface area contributed by atoms with Gasteiger partial charge in [0.2, 0.25) is 5.91 Å². The minimum atomic E-state index is -0.426. The topological polar surface area (TPSA) is 120 Å². The number of methoxy groups -OCH3 is 1. The first-order chi connectivity index (χ1) is 22.3. The van der Waals surface area contributed by atoms with Crippen molar-refractivity contribution < 1.29 is 18.7 Å². The van der Waals surface area contributed by atoms with Crippen LogP contribution in [-0.4, -0.2) is 61.6 Å². The molecule has 1 saturated heterocycles. The summed E-state index contributed by atoms with van der Waals surface area (Å²) in [6.07, 6.45) is 4.53. The number of likely N-dealkylation sites (tertiary alicyclic amines) is 1. The Bertz CT molecular complexity index is 2130. The Morgan fingerprint density at radius 3 is 2.70 bits per heavy atom. The smallest absolute Gasteiger partial charge is 0.254 e. The fourth-order valence-electron chi connectivity index (χ4n) is 7.92. The zero-order chi connectivity index (χ0) is 31.4. The number of amides is 2. The summed E-state index contributed by atoms with van der Waals surface area (Å²) in [6, 6.07) is 12.8. The Morgan fingerprint density at radius 2 is 1.96 bits per heavy atom. The number of carbonyl (C=O) groups is 2. The fourth-order valence-corrected chi connectivity index (χ4v) is 7.92. The van der Waals surface area contributed by atoms with Crippen LogP contribution >= 0.6 is 0 Å². The van der Waals surface area contributed by atoms with Crippen LogP contribution in [0.15, 0.2) is 42.5 Å². The summed E-state index contributed by atoms with van der Waals surface area (Å²) in [5.41, 5.74) is 12.3. The van der Waals surface area contributed by atoms with Crippen LogP contribution in [0, 0.1) is 17.7 Å². The van der Waals surface area contributed by atoms with Crippen molar-refractivity contribution in [3.63, 3.8) is 0 Å². The average Bonchev–Trinajstić information content (AvgIpc) is 3.24. The number of halogens is 1. The molecule has 3 atom stereocenters. The van der Waals surface area contributed by atoms with E-state index in [-0.39, 0.29) is 30.3 Å². The maximum atomic E-state index is 15.3. The minimum absolute atomic E-state index is 0.0337. The maximum absolute atomic E-state index is 15.3. The van der Waals surface area contributed by atoms with Gasteiger partial charge in [-0.05, 0) is 85.5 Å². The van der Waals surface area contributed by atoms with Crippen LogP contribution in [0.25, 0.3) is 44.8 Å². The lowest BCUT2D eigenvalue weighted by Gasteiger charge is -2.27. The third kappa shape index (κ3) is 4.10. The Balaban J connectivity index is 1.15. The highest BCUT2D eigenvalue weighted by Crippen LogP contribution is 2.41. The van der Waals surface area contributed by atoms with Crippen LogP contribution in [0.4, 0.5) is 10.1 Å². The molecule has 5 aromatic rings. The van der Waals surface area contributed by atoms with Crippen LogP contribution in [0.2, 0.25) is 0 Å². The molecule has 234 valence electrons. The quantitative estimate of drug-likeness (QED) is 0.280. The van der Waals surface area contributed by atoms with Gasteiger partial charge < -0.3 is 29.8 Å². The molecule has 0 radical (unpaired) electrons. The van der Waals surface area contributed by atoms with Crippen molar-refractivity contribution in [2.24, 2.45) is 24.6 Å². The third-order valence-corrected chi connectivity index (χ3v) is 10.5. The second kappa shape index (κ2) is 9.86. The summed E-state index contributed by atoms with van der Waals surface area (Å²) < 4.78 is 25.3. The number of aryl methyl sites for hydroxylation is 1. The van der Waals surface area contributed by atoms with E-state index in [2.05, 4.69) is 16.0 Å². The van der Waals surface area contributed by atoms with Crippen LogP contribution in [0.3, 0.4) is 0 Å². The number of nitrogens with one attached hydrogen (secondary N) is 1. The van der Waals surface area contributed by atoms with E-state index in [4.69, 9.17) is 20.4 Å². The number of piperidine rings is 1. The summed E-state index contributed by atoms with van der Waals surface area (Å²) in [4.78, 5) is 37.7. The van der Waals surface area contributed by atoms with Gasteiger partial charge in [-0.1, -0.05) is 0 Å². The molecule has 9 rings (SSSR count). The van der Waals surface area contributed by atoms with Crippen molar-refractivity contribution in [3.05, 3.63) is 59.4 Å². The molecule has 2 saturated carbocycles. The summed E-state index contributed by atoms with van der Waals surface area (Å²) in [7, 11) is 3.57. The Kier molecular flexibility index (Phi) is 5.90. The highest BCUT2D eigenvalue weighted by atomic mass is 19.1. The molecule has 10 nitrogen and oxygen atoms in total. The standard InChI is InChI=1S/C35H34FN7O3/c1-41-32-26(10-21(12-29(32)46-2)35(45)43-16-19-6-8-27(43)31(19)37)40-34(41)28-11-18-5-7-24(39-33(18)42(28)15-17-3-4-17)22-9-20-13-30(44)38-25(20)14-23(22)36/h5,7,9-12,14,17,19,27,31H,3-4,6,8,13,15-16,37H2,1-2H3,(H,38,44)/t19?,27?,31-/m1/s1. The Labute approximate surface area is 264 Å². The molecule has 3 N–H and O–H groups in total. The van der Waals surface area contributed by atoms with Gasteiger partial charge in [-0.3, -0.25) is 9.59 Å². The SMILES string of the molecule is COc1cc(C(=O)N2CC3CCC2[C@@H]3N)cc2nc(-c3cc4ccc(-c5cc6c(cc5F)NC(=O)C6)nc4n3CC3CC3)n(C)c12. The van der Waals surface area contributed by atoms with E-state index < -0.39 is 5.82 Å². The number of rotatable bonds is 6. The van der Waals surface area contributed by atoms with Crippen LogP contribution in [0.1, 0.15) is 41.6 Å². The second-order valence-electron chi connectivity index (χ2n) is 13.4. The van der Waals surface area contributed by atoms with Gasteiger partial charge in [0.15, 0.2) is 5.82 Å². The van der Waals surface area contributed by atoms with Crippen molar-refractivity contribution in [1.29, 1.82) is 0 Å². The molecular formula is C35H34FN7O3. The van der Waals surface area contributed by atoms with E-state index in [0.29, 0.717) is 52.2 Å². The van der Waals surface area contributed by atoms with E-state index in [0.717, 1.165) is 65.9 Å². The molecule has 2 amide bonds. The number of pyridine rings is 1. The van der Waals surface area contributed by atoms with E-state index in [1.807, 2.05) is 40.8 Å². The lowest BCUT2D eigenvalue weighted by atomic mass is 10.0. The fraction of sp³-hybridized carbons (Fsp3) is 0.371. The number of hydrogen-bond donors (Lipinski definition) is 2. The highest BCUT2D eigenvalue weighted by Gasteiger charge is 2.47. The molecule has 0 spiro atoms. The van der Waals surface area contributed by atoms with E-state index >= 15 is 4.39 Å². The van der Waals surface area contributed by atoms with E-state index in [1.54, 1.807) is 13.2 Å². The molecule has 46 heavy (non-hydrogen) atoms.